The zero-order chi connectivity index (χ0) is 31.7. The van der Waals surface area contributed by atoms with E-state index in [2.05, 4.69) is 9.71 Å². The van der Waals surface area contributed by atoms with Crippen molar-refractivity contribution in [1.29, 1.82) is 0 Å². The molecule has 0 radical (unpaired) electrons. The minimum absolute atomic E-state index is 0.0192. The molecule has 1 amide bonds. The predicted octanol–water partition coefficient (Wildman–Crippen LogP) is 3.44. The second kappa shape index (κ2) is 14.8. The fourth-order valence-corrected chi connectivity index (χ4v) is 6.31. The SMILES string of the molecule is COC(=O)CN(Cc1cccs1)C(=O)[C@@H](NS(=O)(=O)c1ccc2[nH]c(=O)ccc2c1)c1ccccc1OCCCCC(=O)O. The molecule has 0 aliphatic rings. The summed E-state index contributed by atoms with van der Waals surface area (Å²) in [6.45, 7) is -0.291. The Bertz CT molecular complexity index is 1790. The fraction of sp³-hybridized carbons (Fsp3) is 0.267. The Morgan fingerprint density at radius 2 is 1.84 bits per heavy atom. The van der Waals surface area contributed by atoms with Crippen molar-refractivity contribution >= 4 is 50.1 Å². The third kappa shape index (κ3) is 8.52. The lowest BCUT2D eigenvalue weighted by atomic mass is 10.0. The van der Waals surface area contributed by atoms with Gasteiger partial charge in [-0.3, -0.25) is 19.2 Å². The van der Waals surface area contributed by atoms with E-state index >= 15 is 0 Å². The molecule has 0 aliphatic carbocycles. The number of carboxylic acids is 1. The van der Waals surface area contributed by atoms with Crippen molar-refractivity contribution in [2.24, 2.45) is 0 Å². The Balaban J connectivity index is 1.72. The molecule has 2 aromatic carbocycles. The maximum absolute atomic E-state index is 14.2. The minimum atomic E-state index is -4.36. The summed E-state index contributed by atoms with van der Waals surface area (Å²) in [5.74, 6) is -2.13. The molecule has 3 N–H and O–H groups in total. The van der Waals surface area contributed by atoms with E-state index in [1.165, 1.54) is 53.7 Å². The van der Waals surface area contributed by atoms with Gasteiger partial charge in [-0.05, 0) is 60.0 Å². The standard InChI is InChI=1S/C30H31N3O9S2/c1-41-28(37)19-33(18-21-7-6-16-43-21)30(38)29(23-8-2-3-9-25(23)42-15-5-4-10-27(35)36)32-44(39,40)22-12-13-24-20(17-22)11-14-26(34)31-24/h2-3,6-9,11-14,16-17,29,32H,4-5,10,15,18-19H2,1H3,(H,31,34)(H,35,36)/t29-/m0/s1. The highest BCUT2D eigenvalue weighted by molar-refractivity contribution is 7.89. The van der Waals surface area contributed by atoms with Gasteiger partial charge in [0.2, 0.25) is 21.5 Å². The maximum Gasteiger partial charge on any atom is 0.325 e. The van der Waals surface area contributed by atoms with Crippen LogP contribution < -0.4 is 15.0 Å². The van der Waals surface area contributed by atoms with Gasteiger partial charge in [0.05, 0.1) is 25.2 Å². The number of aliphatic carboxylic acids is 1. The van der Waals surface area contributed by atoms with Crippen LogP contribution in [0, 0.1) is 0 Å². The van der Waals surface area contributed by atoms with Crippen LogP contribution in [0.3, 0.4) is 0 Å². The van der Waals surface area contributed by atoms with Crippen LogP contribution in [0.25, 0.3) is 10.9 Å². The van der Waals surface area contributed by atoms with Crippen molar-refractivity contribution in [3.63, 3.8) is 0 Å². The topological polar surface area (TPSA) is 172 Å². The van der Waals surface area contributed by atoms with Gasteiger partial charge in [-0.25, -0.2) is 8.42 Å². The number of hydrogen-bond donors (Lipinski definition) is 3. The molecule has 2 heterocycles. The van der Waals surface area contributed by atoms with Crippen molar-refractivity contribution < 1.29 is 37.4 Å². The number of methoxy groups -OCH3 is 1. The van der Waals surface area contributed by atoms with Crippen LogP contribution in [0.1, 0.15) is 35.7 Å². The quantitative estimate of drug-likeness (QED) is 0.130. The molecule has 4 rings (SSSR count). The largest absolute Gasteiger partial charge is 0.493 e. The van der Waals surface area contributed by atoms with Gasteiger partial charge in [0.25, 0.3) is 0 Å². The van der Waals surface area contributed by atoms with Crippen LogP contribution in [0.5, 0.6) is 5.75 Å². The minimum Gasteiger partial charge on any atom is -0.493 e. The first-order valence-electron chi connectivity index (χ1n) is 13.5. The Morgan fingerprint density at radius 3 is 2.57 bits per heavy atom. The number of amides is 1. The van der Waals surface area contributed by atoms with Crippen LogP contribution in [0.4, 0.5) is 0 Å². The summed E-state index contributed by atoms with van der Waals surface area (Å²) in [5.41, 5.74) is 0.296. The molecule has 0 saturated heterocycles. The third-order valence-electron chi connectivity index (χ3n) is 6.58. The molecule has 1 atom stereocenters. The number of pyridine rings is 1. The van der Waals surface area contributed by atoms with Gasteiger partial charge in [0, 0.05) is 28.4 Å². The van der Waals surface area contributed by atoms with Crippen molar-refractivity contribution in [2.45, 2.75) is 36.7 Å². The molecule has 14 heteroatoms. The van der Waals surface area contributed by atoms with E-state index < -0.39 is 40.5 Å². The Kier molecular flexibility index (Phi) is 10.9. The number of hydrogen-bond acceptors (Lipinski definition) is 9. The van der Waals surface area contributed by atoms with Crippen molar-refractivity contribution in [1.82, 2.24) is 14.6 Å². The van der Waals surface area contributed by atoms with Crippen LogP contribution in [-0.2, 0) is 35.7 Å². The number of esters is 1. The molecule has 44 heavy (non-hydrogen) atoms. The first-order valence-corrected chi connectivity index (χ1v) is 15.9. The number of nitrogens with one attached hydrogen (secondary N) is 2. The normalized spacial score (nSPS) is 12.0. The van der Waals surface area contributed by atoms with Gasteiger partial charge in [-0.1, -0.05) is 24.3 Å². The van der Waals surface area contributed by atoms with E-state index in [-0.39, 0.29) is 41.3 Å². The Morgan fingerprint density at radius 1 is 1.05 bits per heavy atom. The number of ether oxygens (including phenoxy) is 2. The first-order chi connectivity index (χ1) is 21.1. The number of unbranched alkanes of at least 4 members (excludes halogenated alkanes) is 1. The summed E-state index contributed by atoms with van der Waals surface area (Å²) >= 11 is 1.37. The van der Waals surface area contributed by atoms with Gasteiger partial charge in [0.15, 0.2) is 0 Å². The van der Waals surface area contributed by atoms with Crippen LogP contribution in [0.2, 0.25) is 0 Å². The zero-order valence-electron chi connectivity index (χ0n) is 23.7. The average molecular weight is 642 g/mol. The summed E-state index contributed by atoms with van der Waals surface area (Å²) < 4.78 is 40.8. The van der Waals surface area contributed by atoms with E-state index in [0.29, 0.717) is 23.7 Å². The van der Waals surface area contributed by atoms with Crippen LogP contribution >= 0.6 is 11.3 Å². The number of aromatic nitrogens is 1. The number of fused-ring (bicyclic) bond motifs is 1. The van der Waals surface area contributed by atoms with Gasteiger partial charge in [0.1, 0.15) is 18.3 Å². The molecule has 0 aliphatic heterocycles. The van der Waals surface area contributed by atoms with Crippen molar-refractivity contribution in [3.05, 3.63) is 92.9 Å². The number of carbonyl (C=O) groups is 3. The summed E-state index contributed by atoms with van der Waals surface area (Å²) in [5, 5.41) is 11.2. The number of carboxylic acid groups (broad SMARTS) is 1. The number of nitrogens with zero attached hydrogens (tertiary/aromatic N) is 1. The highest BCUT2D eigenvalue weighted by Gasteiger charge is 2.34. The highest BCUT2D eigenvalue weighted by Crippen LogP contribution is 2.30. The van der Waals surface area contributed by atoms with Gasteiger partial charge in [-0.2, -0.15) is 4.72 Å². The average Bonchev–Trinajstić information content (AvgIpc) is 3.52. The molecule has 0 saturated carbocycles. The lowest BCUT2D eigenvalue weighted by Gasteiger charge is -2.28. The lowest BCUT2D eigenvalue weighted by molar-refractivity contribution is -0.148. The highest BCUT2D eigenvalue weighted by atomic mass is 32.2. The number of carbonyl (C=O) groups excluding carboxylic acids is 2. The van der Waals surface area contributed by atoms with Crippen LogP contribution in [-0.4, -0.2) is 61.5 Å². The molecule has 0 unspecified atom stereocenters. The summed E-state index contributed by atoms with van der Waals surface area (Å²) in [7, 11) is -3.17. The van der Waals surface area contributed by atoms with Gasteiger partial charge >= 0.3 is 11.9 Å². The number of para-hydroxylation sites is 1. The molecule has 4 aromatic rings. The van der Waals surface area contributed by atoms with E-state index in [9.17, 15) is 27.6 Å². The first kappa shape index (κ1) is 32.4. The molecular weight excluding hydrogens is 610 g/mol. The molecule has 2 aromatic heterocycles. The molecule has 0 bridgehead atoms. The Hall–Kier alpha value is -4.53. The van der Waals surface area contributed by atoms with E-state index in [1.54, 1.807) is 36.4 Å². The molecule has 0 spiro atoms. The van der Waals surface area contributed by atoms with Crippen molar-refractivity contribution in [3.8, 4) is 5.75 Å². The van der Waals surface area contributed by atoms with Gasteiger partial charge in [-0.15, -0.1) is 11.3 Å². The number of aromatic amines is 1. The number of H-pyrrole nitrogens is 1. The fourth-order valence-electron chi connectivity index (χ4n) is 4.39. The second-order valence-corrected chi connectivity index (χ2v) is 12.5. The van der Waals surface area contributed by atoms with Crippen LogP contribution in [0.15, 0.2) is 81.8 Å². The third-order valence-corrected chi connectivity index (χ3v) is 8.87. The molecule has 232 valence electrons. The number of benzene rings is 2. The summed E-state index contributed by atoms with van der Waals surface area (Å²) in [6.07, 6.45) is 0.751. The molecular formula is C30H31N3O9S2. The smallest absolute Gasteiger partial charge is 0.325 e. The zero-order valence-corrected chi connectivity index (χ0v) is 25.4. The predicted molar refractivity (Wildman–Crippen MR) is 163 cm³/mol. The molecule has 0 fully saturated rings. The number of sulfonamides is 1. The van der Waals surface area contributed by atoms with Crippen molar-refractivity contribution in [2.75, 3.05) is 20.3 Å². The molecule has 12 nitrogen and oxygen atoms in total. The van der Waals surface area contributed by atoms with E-state index in [0.717, 1.165) is 4.88 Å². The maximum atomic E-state index is 14.2. The van der Waals surface area contributed by atoms with Gasteiger partial charge < -0.3 is 24.5 Å². The summed E-state index contributed by atoms with van der Waals surface area (Å²) in [4.78, 5) is 53.6. The monoisotopic (exact) mass is 641 g/mol. The number of rotatable bonds is 15. The second-order valence-electron chi connectivity index (χ2n) is 9.71. The number of thiophene rings is 1. The lowest BCUT2D eigenvalue weighted by Crippen LogP contribution is -2.44. The van der Waals surface area contributed by atoms with E-state index in [4.69, 9.17) is 14.6 Å². The summed E-state index contributed by atoms with van der Waals surface area (Å²) in [6, 6.07) is 15.4. The Labute approximate surface area is 257 Å². The van der Waals surface area contributed by atoms with E-state index in [1.807, 2.05) is 5.38 Å².